The fourth-order valence-electron chi connectivity index (χ4n) is 2.83. The third-order valence-electron chi connectivity index (χ3n) is 4.58. The van der Waals surface area contributed by atoms with E-state index in [9.17, 15) is 18.0 Å². The number of nitrogens with zero attached hydrogens (tertiary/aromatic N) is 2. The molecular formula is C23H20Cl2F3N3OS. The molecule has 33 heavy (non-hydrogen) atoms. The van der Waals surface area contributed by atoms with Gasteiger partial charge in [0.1, 0.15) is 0 Å². The van der Waals surface area contributed by atoms with E-state index in [1.54, 1.807) is 36.0 Å². The second kappa shape index (κ2) is 10.8. The summed E-state index contributed by atoms with van der Waals surface area (Å²) in [5.74, 6) is 0.471. The maximum absolute atomic E-state index is 12.8. The lowest BCUT2D eigenvalue weighted by Gasteiger charge is -2.12. The van der Waals surface area contributed by atoms with Crippen LogP contribution in [0, 0.1) is 0 Å². The van der Waals surface area contributed by atoms with E-state index in [0.29, 0.717) is 21.8 Å². The first-order valence-corrected chi connectivity index (χ1v) is 11.5. The SMILES string of the molecule is CN(C)CCSc1ccc(C(=O)Nc2ccc(Cl)c(-c3ccc(C(F)(F)F)cn3)c2)c(Cl)c1. The smallest absolute Gasteiger partial charge is 0.322 e. The van der Waals surface area contributed by atoms with E-state index in [-0.39, 0.29) is 10.7 Å². The summed E-state index contributed by atoms with van der Waals surface area (Å²) in [5, 5.41) is 3.36. The van der Waals surface area contributed by atoms with Crippen molar-refractivity contribution < 1.29 is 18.0 Å². The van der Waals surface area contributed by atoms with E-state index >= 15 is 0 Å². The van der Waals surface area contributed by atoms with Crippen molar-refractivity contribution >= 4 is 46.6 Å². The van der Waals surface area contributed by atoms with Crippen molar-refractivity contribution in [2.75, 3.05) is 31.7 Å². The van der Waals surface area contributed by atoms with Gasteiger partial charge in [0.25, 0.3) is 5.91 Å². The summed E-state index contributed by atoms with van der Waals surface area (Å²) in [7, 11) is 3.99. The highest BCUT2D eigenvalue weighted by atomic mass is 35.5. The Hall–Kier alpha value is -2.26. The first-order valence-electron chi connectivity index (χ1n) is 9.76. The Morgan fingerprint density at radius 1 is 1.06 bits per heavy atom. The van der Waals surface area contributed by atoms with Crippen LogP contribution in [0.4, 0.5) is 18.9 Å². The van der Waals surface area contributed by atoms with Crippen LogP contribution in [-0.2, 0) is 6.18 Å². The van der Waals surface area contributed by atoms with E-state index < -0.39 is 17.6 Å². The molecule has 0 atom stereocenters. The molecule has 0 aliphatic heterocycles. The Labute approximate surface area is 204 Å². The van der Waals surface area contributed by atoms with Crippen molar-refractivity contribution in [3.8, 4) is 11.3 Å². The van der Waals surface area contributed by atoms with Gasteiger partial charge in [-0.05, 0) is 62.6 Å². The molecule has 1 aromatic heterocycles. The molecule has 1 amide bonds. The number of halogens is 5. The number of amides is 1. The number of nitrogens with one attached hydrogen (secondary N) is 1. The number of pyridine rings is 1. The van der Waals surface area contributed by atoms with Crippen LogP contribution in [0.25, 0.3) is 11.3 Å². The van der Waals surface area contributed by atoms with Crippen molar-refractivity contribution in [1.29, 1.82) is 0 Å². The van der Waals surface area contributed by atoms with E-state index in [1.807, 2.05) is 20.2 Å². The van der Waals surface area contributed by atoms with E-state index in [0.717, 1.165) is 29.5 Å². The minimum atomic E-state index is -4.48. The molecule has 3 rings (SSSR count). The molecule has 10 heteroatoms. The van der Waals surface area contributed by atoms with Crippen LogP contribution < -0.4 is 5.32 Å². The number of benzene rings is 2. The lowest BCUT2D eigenvalue weighted by atomic mass is 10.1. The summed E-state index contributed by atoms with van der Waals surface area (Å²) in [5.41, 5.74) is 0.493. The van der Waals surface area contributed by atoms with E-state index in [4.69, 9.17) is 23.2 Å². The molecule has 0 saturated carbocycles. The van der Waals surface area contributed by atoms with Gasteiger partial charge in [0.2, 0.25) is 0 Å². The minimum Gasteiger partial charge on any atom is -0.322 e. The van der Waals surface area contributed by atoms with Gasteiger partial charge in [0.15, 0.2) is 0 Å². The highest BCUT2D eigenvalue weighted by Gasteiger charge is 2.30. The van der Waals surface area contributed by atoms with E-state index in [2.05, 4.69) is 15.2 Å². The normalized spacial score (nSPS) is 11.6. The number of carbonyl (C=O) groups is 1. The number of thioether (sulfide) groups is 1. The molecule has 0 fully saturated rings. The Bertz CT molecular complexity index is 1140. The van der Waals surface area contributed by atoms with Gasteiger partial charge in [0, 0.05) is 34.6 Å². The van der Waals surface area contributed by atoms with Gasteiger partial charge in [-0.3, -0.25) is 9.78 Å². The maximum Gasteiger partial charge on any atom is 0.417 e. The third kappa shape index (κ3) is 6.86. The molecule has 0 bridgehead atoms. The Morgan fingerprint density at radius 2 is 1.82 bits per heavy atom. The highest BCUT2D eigenvalue weighted by molar-refractivity contribution is 7.99. The number of hydrogen-bond donors (Lipinski definition) is 1. The number of anilines is 1. The second-order valence-corrected chi connectivity index (χ2v) is 9.35. The van der Waals surface area contributed by atoms with Crippen LogP contribution in [0.5, 0.6) is 0 Å². The number of rotatable bonds is 7. The average Bonchev–Trinajstić information content (AvgIpc) is 2.74. The van der Waals surface area contributed by atoms with Crippen LogP contribution in [-0.4, -0.2) is 42.2 Å². The van der Waals surface area contributed by atoms with Gasteiger partial charge in [0.05, 0.1) is 26.9 Å². The standard InChI is InChI=1S/C23H20Cl2F3N3OS/c1-31(2)9-10-33-16-5-6-17(20(25)12-16)22(32)30-15-4-7-19(24)18(11-15)21-8-3-14(13-29-21)23(26,27)28/h3-8,11-13H,9-10H2,1-2H3,(H,30,32). The van der Waals surface area contributed by atoms with Gasteiger partial charge < -0.3 is 10.2 Å². The highest BCUT2D eigenvalue weighted by Crippen LogP contribution is 2.33. The van der Waals surface area contributed by atoms with Crippen molar-refractivity contribution in [2.24, 2.45) is 0 Å². The molecule has 0 aliphatic rings. The number of alkyl halides is 3. The molecule has 0 unspecified atom stereocenters. The van der Waals surface area contributed by atoms with Crippen LogP contribution in [0.15, 0.2) is 59.6 Å². The van der Waals surface area contributed by atoms with Crippen LogP contribution in [0.2, 0.25) is 10.0 Å². The zero-order valence-electron chi connectivity index (χ0n) is 17.7. The fourth-order valence-corrected chi connectivity index (χ4v) is 4.44. The van der Waals surface area contributed by atoms with Gasteiger partial charge in [-0.25, -0.2) is 0 Å². The summed E-state index contributed by atoms with van der Waals surface area (Å²) in [6.07, 6.45) is -3.74. The predicted molar refractivity (Wildman–Crippen MR) is 128 cm³/mol. The van der Waals surface area contributed by atoms with Crippen LogP contribution in [0.3, 0.4) is 0 Å². The van der Waals surface area contributed by atoms with Crippen molar-refractivity contribution in [1.82, 2.24) is 9.88 Å². The van der Waals surface area contributed by atoms with Crippen LogP contribution in [0.1, 0.15) is 15.9 Å². The summed E-state index contributed by atoms with van der Waals surface area (Å²) < 4.78 is 38.4. The number of hydrogen-bond acceptors (Lipinski definition) is 4. The number of carbonyl (C=O) groups excluding carboxylic acids is 1. The molecule has 1 heterocycles. The third-order valence-corrected chi connectivity index (χ3v) is 6.20. The topological polar surface area (TPSA) is 45.2 Å². The fraction of sp³-hybridized carbons (Fsp3) is 0.217. The maximum atomic E-state index is 12.8. The summed E-state index contributed by atoms with van der Waals surface area (Å²) >= 11 is 14.2. The molecular weight excluding hydrogens is 494 g/mol. The van der Waals surface area contributed by atoms with Gasteiger partial charge in [-0.1, -0.05) is 23.2 Å². The van der Waals surface area contributed by atoms with Crippen molar-refractivity contribution in [2.45, 2.75) is 11.1 Å². The zero-order valence-corrected chi connectivity index (χ0v) is 20.0. The first-order chi connectivity index (χ1) is 15.5. The molecule has 1 N–H and O–H groups in total. The first kappa shape index (κ1) is 25.4. The lowest BCUT2D eigenvalue weighted by Crippen LogP contribution is -2.14. The van der Waals surface area contributed by atoms with E-state index in [1.165, 1.54) is 12.1 Å². The molecule has 2 aromatic carbocycles. The number of aromatic nitrogens is 1. The summed E-state index contributed by atoms with van der Waals surface area (Å²) in [4.78, 5) is 19.7. The summed E-state index contributed by atoms with van der Waals surface area (Å²) in [6.45, 7) is 0.914. The minimum absolute atomic E-state index is 0.251. The molecule has 174 valence electrons. The molecule has 4 nitrogen and oxygen atoms in total. The Morgan fingerprint density at radius 3 is 2.42 bits per heavy atom. The van der Waals surface area contributed by atoms with Gasteiger partial charge in [-0.2, -0.15) is 13.2 Å². The second-order valence-electron chi connectivity index (χ2n) is 7.37. The zero-order chi connectivity index (χ0) is 24.2. The monoisotopic (exact) mass is 513 g/mol. The molecule has 0 spiro atoms. The Balaban J connectivity index is 1.75. The molecule has 0 aliphatic carbocycles. The summed E-state index contributed by atoms with van der Waals surface area (Å²) in [6, 6.07) is 12.1. The van der Waals surface area contributed by atoms with Gasteiger partial charge in [-0.15, -0.1) is 11.8 Å². The average molecular weight is 514 g/mol. The quantitative estimate of drug-likeness (QED) is 0.346. The van der Waals surface area contributed by atoms with Crippen LogP contribution >= 0.6 is 35.0 Å². The predicted octanol–water partition coefficient (Wildman–Crippen LogP) is 6.98. The largest absolute Gasteiger partial charge is 0.417 e. The lowest BCUT2D eigenvalue weighted by molar-refractivity contribution is -0.137. The molecule has 0 radical (unpaired) electrons. The molecule has 3 aromatic rings. The van der Waals surface area contributed by atoms with Crippen molar-refractivity contribution in [3.63, 3.8) is 0 Å². The van der Waals surface area contributed by atoms with Gasteiger partial charge >= 0.3 is 6.18 Å². The molecule has 0 saturated heterocycles. The van der Waals surface area contributed by atoms with Crippen molar-refractivity contribution in [3.05, 3.63) is 75.9 Å². The Kier molecular flexibility index (Phi) is 8.28.